The van der Waals surface area contributed by atoms with E-state index in [1.165, 1.54) is 21.1 Å². The van der Waals surface area contributed by atoms with Crippen molar-refractivity contribution < 1.29 is 28.5 Å². The maximum atomic E-state index is 12.3. The molecule has 0 aliphatic carbocycles. The Hall–Kier alpha value is -3.02. The van der Waals surface area contributed by atoms with Crippen LogP contribution in [0, 0.1) is 0 Å². The Kier molecular flexibility index (Phi) is 6.60. The van der Waals surface area contributed by atoms with Gasteiger partial charge in [0.05, 0.1) is 26.4 Å². The second kappa shape index (κ2) is 8.89. The third kappa shape index (κ3) is 4.53. The molecule has 0 aliphatic heterocycles. The lowest BCUT2D eigenvalue weighted by atomic mass is 10.1. The summed E-state index contributed by atoms with van der Waals surface area (Å²) in [6.07, 6.45) is 0. The van der Waals surface area contributed by atoms with E-state index in [0.29, 0.717) is 40.5 Å². The van der Waals surface area contributed by atoms with E-state index in [4.69, 9.17) is 18.9 Å². The van der Waals surface area contributed by atoms with Crippen molar-refractivity contribution in [2.24, 2.45) is 0 Å². The number of carbonyl (C=O) groups excluding carboxylic acids is 2. The van der Waals surface area contributed by atoms with Gasteiger partial charge < -0.3 is 18.9 Å². The Morgan fingerprint density at radius 3 is 2.15 bits per heavy atom. The molecule has 0 unspecified atom stereocenters. The average Bonchev–Trinajstić information content (AvgIpc) is 2.66. The Balaban J connectivity index is 2.18. The molecule has 0 aliphatic rings. The van der Waals surface area contributed by atoms with Crippen molar-refractivity contribution in [1.82, 2.24) is 0 Å². The molecule has 138 valence electrons. The minimum atomic E-state index is -0.512. The monoisotopic (exact) mass is 358 g/mol. The van der Waals surface area contributed by atoms with Crippen molar-refractivity contribution in [1.29, 1.82) is 0 Å². The van der Waals surface area contributed by atoms with Gasteiger partial charge in [-0.1, -0.05) is 0 Å². The molecule has 0 N–H and O–H groups in total. The zero-order chi connectivity index (χ0) is 19.1. The van der Waals surface area contributed by atoms with E-state index >= 15 is 0 Å². The number of methoxy groups -OCH3 is 2. The molecule has 6 nitrogen and oxygen atoms in total. The van der Waals surface area contributed by atoms with Crippen molar-refractivity contribution in [3.8, 4) is 17.2 Å². The fourth-order valence-corrected chi connectivity index (χ4v) is 2.40. The Bertz CT molecular complexity index is 797. The Labute approximate surface area is 152 Å². The maximum absolute atomic E-state index is 12.3. The second-order valence-electron chi connectivity index (χ2n) is 5.46. The van der Waals surface area contributed by atoms with E-state index in [1.807, 2.05) is 6.92 Å². The van der Waals surface area contributed by atoms with Crippen molar-refractivity contribution in [2.75, 3.05) is 20.8 Å². The first kappa shape index (κ1) is 19.3. The molecule has 0 amide bonds. The van der Waals surface area contributed by atoms with E-state index in [-0.39, 0.29) is 12.4 Å². The van der Waals surface area contributed by atoms with Gasteiger partial charge in [0.1, 0.15) is 12.4 Å². The fourth-order valence-electron chi connectivity index (χ4n) is 2.40. The quantitative estimate of drug-likeness (QED) is 0.530. The summed E-state index contributed by atoms with van der Waals surface area (Å²) in [5.41, 5.74) is 1.50. The lowest BCUT2D eigenvalue weighted by molar-refractivity contribution is 0.0469. The topological polar surface area (TPSA) is 71.1 Å². The molecule has 0 spiro atoms. The summed E-state index contributed by atoms with van der Waals surface area (Å²) < 4.78 is 21.3. The molecule has 0 saturated heterocycles. The van der Waals surface area contributed by atoms with Crippen LogP contribution in [0.25, 0.3) is 0 Å². The number of rotatable bonds is 8. The first-order valence-electron chi connectivity index (χ1n) is 8.16. The second-order valence-corrected chi connectivity index (χ2v) is 5.46. The zero-order valence-electron chi connectivity index (χ0n) is 15.3. The van der Waals surface area contributed by atoms with Gasteiger partial charge in [-0.05, 0) is 50.2 Å². The van der Waals surface area contributed by atoms with E-state index in [9.17, 15) is 9.59 Å². The molecule has 2 rings (SSSR count). The first-order chi connectivity index (χ1) is 12.5. The van der Waals surface area contributed by atoms with Crippen molar-refractivity contribution in [2.45, 2.75) is 20.5 Å². The number of hydrogen-bond acceptors (Lipinski definition) is 6. The maximum Gasteiger partial charge on any atom is 0.338 e. The van der Waals surface area contributed by atoms with Gasteiger partial charge in [0, 0.05) is 11.1 Å². The summed E-state index contributed by atoms with van der Waals surface area (Å²) in [6, 6.07) is 9.86. The van der Waals surface area contributed by atoms with Gasteiger partial charge in [-0.15, -0.1) is 0 Å². The minimum Gasteiger partial charge on any atom is -0.493 e. The first-order valence-corrected chi connectivity index (χ1v) is 8.16. The zero-order valence-corrected chi connectivity index (χ0v) is 15.3. The molecule has 6 heteroatoms. The molecular formula is C20H22O6. The summed E-state index contributed by atoms with van der Waals surface area (Å²) in [5.74, 6) is 0.965. The third-order valence-corrected chi connectivity index (χ3v) is 3.74. The summed E-state index contributed by atoms with van der Waals surface area (Å²) in [4.78, 5) is 23.9. The molecule has 2 aromatic rings. The Morgan fingerprint density at radius 2 is 1.54 bits per heavy atom. The average molecular weight is 358 g/mol. The molecular weight excluding hydrogens is 336 g/mol. The van der Waals surface area contributed by atoms with Gasteiger partial charge >= 0.3 is 5.97 Å². The molecule has 0 fully saturated rings. The van der Waals surface area contributed by atoms with Crippen LogP contribution in [0.15, 0.2) is 36.4 Å². The molecule has 2 aromatic carbocycles. The van der Waals surface area contributed by atoms with Gasteiger partial charge in [-0.25, -0.2) is 4.79 Å². The molecule has 0 atom stereocenters. The lowest BCUT2D eigenvalue weighted by Gasteiger charge is -2.13. The molecule has 0 aromatic heterocycles. The largest absolute Gasteiger partial charge is 0.493 e. The van der Waals surface area contributed by atoms with Crippen LogP contribution in [-0.2, 0) is 11.3 Å². The van der Waals surface area contributed by atoms with Crippen LogP contribution in [0.5, 0.6) is 17.2 Å². The number of ketones is 1. The molecule has 0 radical (unpaired) electrons. The van der Waals surface area contributed by atoms with E-state index < -0.39 is 5.97 Å². The number of hydrogen-bond donors (Lipinski definition) is 0. The van der Waals surface area contributed by atoms with Crippen LogP contribution < -0.4 is 14.2 Å². The van der Waals surface area contributed by atoms with Crippen LogP contribution in [0.2, 0.25) is 0 Å². The number of esters is 1. The smallest absolute Gasteiger partial charge is 0.338 e. The predicted octanol–water partition coefficient (Wildman–Crippen LogP) is 3.66. The van der Waals surface area contributed by atoms with Crippen molar-refractivity contribution >= 4 is 11.8 Å². The summed E-state index contributed by atoms with van der Waals surface area (Å²) in [5, 5.41) is 0. The normalized spacial score (nSPS) is 10.2. The van der Waals surface area contributed by atoms with Crippen LogP contribution in [-0.4, -0.2) is 32.6 Å². The number of carbonyl (C=O) groups is 2. The highest BCUT2D eigenvalue weighted by molar-refractivity contribution is 5.94. The summed E-state index contributed by atoms with van der Waals surface area (Å²) in [7, 11) is 3.02. The van der Waals surface area contributed by atoms with E-state index in [2.05, 4.69) is 0 Å². The minimum absolute atomic E-state index is 0.0103. The van der Waals surface area contributed by atoms with Gasteiger partial charge in [-0.2, -0.15) is 0 Å². The highest BCUT2D eigenvalue weighted by Gasteiger charge is 2.14. The molecule has 26 heavy (non-hydrogen) atoms. The van der Waals surface area contributed by atoms with E-state index in [0.717, 1.165) is 0 Å². The van der Waals surface area contributed by atoms with Crippen LogP contribution in [0.3, 0.4) is 0 Å². The van der Waals surface area contributed by atoms with Gasteiger partial charge in [0.2, 0.25) is 0 Å². The van der Waals surface area contributed by atoms with Crippen molar-refractivity contribution in [3.63, 3.8) is 0 Å². The standard InChI is InChI=1S/C20H22O6/c1-5-25-17-8-6-14(13(2)21)10-16(17)12-26-20(22)15-7-9-18(23-3)19(11-15)24-4/h6-11H,5,12H2,1-4H3. The van der Waals surface area contributed by atoms with E-state index in [1.54, 1.807) is 36.4 Å². The molecule has 0 bridgehead atoms. The fraction of sp³-hybridized carbons (Fsp3) is 0.300. The van der Waals surface area contributed by atoms with Gasteiger partial charge in [0.25, 0.3) is 0 Å². The summed E-state index contributed by atoms with van der Waals surface area (Å²) >= 11 is 0. The van der Waals surface area contributed by atoms with Crippen LogP contribution in [0.4, 0.5) is 0 Å². The lowest BCUT2D eigenvalue weighted by Crippen LogP contribution is -2.08. The molecule has 0 saturated carbocycles. The highest BCUT2D eigenvalue weighted by Crippen LogP contribution is 2.28. The SMILES string of the molecule is CCOc1ccc(C(C)=O)cc1COC(=O)c1ccc(OC)c(OC)c1. The number of benzene rings is 2. The van der Waals surface area contributed by atoms with Gasteiger partial charge in [-0.3, -0.25) is 4.79 Å². The predicted molar refractivity (Wildman–Crippen MR) is 96.3 cm³/mol. The summed E-state index contributed by atoms with van der Waals surface area (Å²) in [6.45, 7) is 3.80. The number of Topliss-reactive ketones (excluding diaryl/α,β-unsaturated/α-hetero) is 1. The highest BCUT2D eigenvalue weighted by atomic mass is 16.5. The van der Waals surface area contributed by atoms with Gasteiger partial charge in [0.15, 0.2) is 17.3 Å². The molecule has 0 heterocycles. The third-order valence-electron chi connectivity index (χ3n) is 3.74. The van der Waals surface area contributed by atoms with Crippen LogP contribution >= 0.6 is 0 Å². The van der Waals surface area contributed by atoms with Crippen molar-refractivity contribution in [3.05, 3.63) is 53.1 Å². The number of ether oxygens (including phenoxy) is 4. The van der Waals surface area contributed by atoms with Crippen LogP contribution in [0.1, 0.15) is 40.1 Å². The Morgan fingerprint density at radius 1 is 0.885 bits per heavy atom.